The number of benzene rings is 1. The fourth-order valence-electron chi connectivity index (χ4n) is 5.26. The van der Waals surface area contributed by atoms with Crippen LogP contribution in [0.5, 0.6) is 0 Å². The summed E-state index contributed by atoms with van der Waals surface area (Å²) in [4.78, 5) is 40.6. The Hall–Kier alpha value is -4.32. The van der Waals surface area contributed by atoms with Crippen molar-refractivity contribution in [3.63, 3.8) is 0 Å². The van der Waals surface area contributed by atoms with E-state index in [1.54, 1.807) is 17.3 Å². The minimum atomic E-state index is -0.196. The lowest BCUT2D eigenvalue weighted by Gasteiger charge is -2.31. The highest BCUT2D eigenvalue weighted by Gasteiger charge is 2.27. The lowest BCUT2D eigenvalue weighted by atomic mass is 9.92. The van der Waals surface area contributed by atoms with Gasteiger partial charge in [0.25, 0.3) is 5.91 Å². The van der Waals surface area contributed by atoms with Crippen molar-refractivity contribution in [2.24, 2.45) is 16.8 Å². The summed E-state index contributed by atoms with van der Waals surface area (Å²) in [7, 11) is 0. The molecule has 40 heavy (non-hydrogen) atoms. The Morgan fingerprint density at radius 3 is 2.85 bits per heavy atom. The van der Waals surface area contributed by atoms with Crippen LogP contribution in [0.2, 0.25) is 5.02 Å². The normalized spacial score (nSPS) is 18.8. The van der Waals surface area contributed by atoms with Crippen molar-refractivity contribution in [2.45, 2.75) is 38.5 Å². The van der Waals surface area contributed by atoms with Gasteiger partial charge in [-0.15, -0.1) is 0 Å². The first kappa shape index (κ1) is 25.9. The lowest BCUT2D eigenvalue weighted by molar-refractivity contribution is -0.117. The Kier molecular flexibility index (Phi) is 7.41. The number of piperidine rings is 1. The Labute approximate surface area is 235 Å². The summed E-state index contributed by atoms with van der Waals surface area (Å²) in [6, 6.07) is 5.84. The number of hydrogen-bond donors (Lipinski definition) is 3. The molecule has 6 rings (SSSR count). The van der Waals surface area contributed by atoms with Crippen LogP contribution in [0.4, 0.5) is 23.1 Å². The summed E-state index contributed by atoms with van der Waals surface area (Å²) in [5.41, 5.74) is 3.75. The van der Waals surface area contributed by atoms with Crippen molar-refractivity contribution >= 4 is 52.8 Å². The molecule has 1 atom stereocenters. The van der Waals surface area contributed by atoms with E-state index in [0.29, 0.717) is 36.3 Å². The number of nitrogens with one attached hydrogen (secondary N) is 3. The van der Waals surface area contributed by atoms with Gasteiger partial charge < -0.3 is 20.9 Å². The van der Waals surface area contributed by atoms with Gasteiger partial charge in [0.1, 0.15) is 11.2 Å². The van der Waals surface area contributed by atoms with Crippen LogP contribution in [0.15, 0.2) is 52.1 Å². The Bertz CT molecular complexity index is 1470. The van der Waals surface area contributed by atoms with Gasteiger partial charge in [-0.2, -0.15) is 4.98 Å². The third kappa shape index (κ3) is 5.96. The van der Waals surface area contributed by atoms with E-state index in [-0.39, 0.29) is 29.3 Å². The maximum atomic E-state index is 13.1. The second kappa shape index (κ2) is 11.4. The van der Waals surface area contributed by atoms with Crippen molar-refractivity contribution in [2.75, 3.05) is 29.0 Å². The Balaban J connectivity index is 1.14. The number of likely N-dealkylation sites (tertiary alicyclic amines) is 1. The molecule has 5 heterocycles. The zero-order chi connectivity index (χ0) is 27.5. The van der Waals surface area contributed by atoms with Gasteiger partial charge in [0, 0.05) is 54.9 Å². The van der Waals surface area contributed by atoms with E-state index < -0.39 is 0 Å². The molecule has 0 aliphatic carbocycles. The molecule has 206 valence electrons. The molecule has 1 fully saturated rings. The number of amides is 2. The molecular formula is C27H28ClN9O3. The number of aliphatic imine (C=N–C) groups is 1. The number of allylic oxidation sites excluding steroid dienone is 1. The first-order valence-corrected chi connectivity index (χ1v) is 13.7. The third-order valence-corrected chi connectivity index (χ3v) is 7.69. The van der Waals surface area contributed by atoms with Crippen LogP contribution >= 0.6 is 11.6 Å². The standard InChI is InChI=1S/C27H28ClN9O3/c28-21-14-30-27-33-20-9-17(12-29-13-20)1-2-18-11-19(32-25(21)35-27)3-4-22(18)34-24(38)10-16-5-7-37(8-6-16)26(39)23-15-31-40-36-23/h3-4,11-17H,1-2,5-10H2,(H,34,38)(H2,30,32,33,35). The fraction of sp³-hybridized carbons (Fsp3) is 0.370. The van der Waals surface area contributed by atoms with Gasteiger partial charge in [0.15, 0.2) is 11.5 Å². The molecule has 3 aliphatic rings. The second-order valence-corrected chi connectivity index (χ2v) is 10.7. The first-order valence-electron chi connectivity index (χ1n) is 13.3. The summed E-state index contributed by atoms with van der Waals surface area (Å²) in [6.07, 6.45) is 10.9. The maximum absolute atomic E-state index is 13.1. The third-order valence-electron chi connectivity index (χ3n) is 7.41. The molecule has 12 nitrogen and oxygen atoms in total. The highest BCUT2D eigenvalue weighted by molar-refractivity contribution is 6.32. The Morgan fingerprint density at radius 2 is 2.02 bits per heavy atom. The second-order valence-electron chi connectivity index (χ2n) is 10.2. The summed E-state index contributed by atoms with van der Waals surface area (Å²) >= 11 is 6.37. The maximum Gasteiger partial charge on any atom is 0.277 e. The molecule has 2 amide bonds. The van der Waals surface area contributed by atoms with Crippen LogP contribution in [0.25, 0.3) is 0 Å². The van der Waals surface area contributed by atoms with Crippen LogP contribution in [-0.2, 0) is 11.2 Å². The molecule has 3 aromatic rings. The molecular weight excluding hydrogens is 534 g/mol. The van der Waals surface area contributed by atoms with Gasteiger partial charge in [-0.1, -0.05) is 16.8 Å². The molecule has 3 N–H and O–H groups in total. The summed E-state index contributed by atoms with van der Waals surface area (Å²) < 4.78 is 4.54. The van der Waals surface area contributed by atoms with Crippen molar-refractivity contribution in [3.8, 4) is 0 Å². The molecule has 1 unspecified atom stereocenters. The Morgan fingerprint density at radius 1 is 1.15 bits per heavy atom. The van der Waals surface area contributed by atoms with Crippen molar-refractivity contribution in [1.82, 2.24) is 25.2 Å². The number of hydrogen-bond acceptors (Lipinski definition) is 10. The smallest absolute Gasteiger partial charge is 0.277 e. The van der Waals surface area contributed by atoms with Gasteiger partial charge >= 0.3 is 0 Å². The van der Waals surface area contributed by atoms with E-state index >= 15 is 0 Å². The number of fused-ring (bicyclic) bond motifs is 6. The van der Waals surface area contributed by atoms with Gasteiger partial charge in [0.05, 0.1) is 6.20 Å². The minimum absolute atomic E-state index is 0.0394. The number of carbonyl (C=O) groups is 2. The number of aromatic nitrogens is 4. The van der Waals surface area contributed by atoms with Crippen LogP contribution in [0, 0.1) is 11.8 Å². The van der Waals surface area contributed by atoms with Gasteiger partial charge in [-0.3, -0.25) is 14.6 Å². The minimum Gasteiger partial charge on any atom is -0.339 e. The molecule has 13 heteroatoms. The average molecular weight is 562 g/mol. The van der Waals surface area contributed by atoms with Crippen molar-refractivity contribution in [3.05, 3.63) is 58.8 Å². The zero-order valence-corrected chi connectivity index (χ0v) is 22.4. The fourth-order valence-corrected chi connectivity index (χ4v) is 5.40. The number of nitrogens with zero attached hydrogens (tertiary/aromatic N) is 6. The molecule has 1 saturated heterocycles. The van der Waals surface area contributed by atoms with E-state index in [1.807, 2.05) is 24.4 Å². The van der Waals surface area contributed by atoms with Crippen molar-refractivity contribution in [1.29, 1.82) is 0 Å². The van der Waals surface area contributed by atoms with E-state index in [9.17, 15) is 9.59 Å². The highest BCUT2D eigenvalue weighted by Crippen LogP contribution is 2.31. The summed E-state index contributed by atoms with van der Waals surface area (Å²) in [6.45, 7) is 1.13. The quantitative estimate of drug-likeness (QED) is 0.420. The van der Waals surface area contributed by atoms with E-state index in [2.05, 4.69) is 45.9 Å². The van der Waals surface area contributed by atoms with Gasteiger partial charge in [-0.25, -0.2) is 9.61 Å². The monoisotopic (exact) mass is 561 g/mol. The molecule has 0 saturated carbocycles. The molecule has 3 aliphatic heterocycles. The molecule has 2 aromatic heterocycles. The van der Waals surface area contributed by atoms with E-state index in [1.165, 1.54) is 6.20 Å². The molecule has 1 aromatic carbocycles. The van der Waals surface area contributed by atoms with Gasteiger partial charge in [-0.05, 0) is 66.9 Å². The number of carbonyl (C=O) groups excluding carboxylic acids is 2. The zero-order valence-electron chi connectivity index (χ0n) is 21.6. The number of rotatable bonds is 4. The molecule has 0 spiro atoms. The van der Waals surface area contributed by atoms with Crippen molar-refractivity contribution < 1.29 is 14.2 Å². The lowest BCUT2D eigenvalue weighted by Crippen LogP contribution is -2.39. The SMILES string of the molecule is O=C(CC1CCN(C(=O)c2cnon2)CC1)Nc1ccc2cc1CCC1C=NC=C(C1)Nc1ncc(Cl)c(n1)N2. The molecule has 6 bridgehead atoms. The number of anilines is 4. The van der Waals surface area contributed by atoms with Crippen LogP contribution in [-0.4, -0.2) is 56.3 Å². The van der Waals surface area contributed by atoms with Crippen LogP contribution in [0.3, 0.4) is 0 Å². The van der Waals surface area contributed by atoms with E-state index in [0.717, 1.165) is 54.7 Å². The predicted molar refractivity (Wildman–Crippen MR) is 150 cm³/mol. The van der Waals surface area contributed by atoms with E-state index in [4.69, 9.17) is 11.6 Å². The van der Waals surface area contributed by atoms with Crippen LogP contribution < -0.4 is 16.0 Å². The summed E-state index contributed by atoms with van der Waals surface area (Å²) in [5, 5.41) is 17.2. The molecule has 0 radical (unpaired) electrons. The topological polar surface area (TPSA) is 151 Å². The van der Waals surface area contributed by atoms with Crippen LogP contribution in [0.1, 0.15) is 48.2 Å². The largest absolute Gasteiger partial charge is 0.339 e. The predicted octanol–water partition coefficient (Wildman–Crippen LogP) is 4.43. The number of aryl methyl sites for hydroxylation is 1. The summed E-state index contributed by atoms with van der Waals surface area (Å²) in [5.74, 6) is 1.13. The number of halogens is 1. The van der Waals surface area contributed by atoms with Gasteiger partial charge in [0.2, 0.25) is 11.9 Å². The first-order chi connectivity index (χ1) is 19.5. The average Bonchev–Trinajstić information content (AvgIpc) is 3.50. The highest BCUT2D eigenvalue weighted by atomic mass is 35.5.